The van der Waals surface area contributed by atoms with Gasteiger partial charge in [0.25, 0.3) is 0 Å². The molecule has 0 unspecified atom stereocenters. The van der Waals surface area contributed by atoms with Crippen molar-refractivity contribution < 1.29 is 9.53 Å². The second-order valence-corrected chi connectivity index (χ2v) is 5.57. The zero-order valence-corrected chi connectivity index (χ0v) is 10.3. The average Bonchev–Trinajstić information content (AvgIpc) is 2.87. The molecule has 1 saturated carbocycles. The maximum Gasteiger partial charge on any atom is 0.223 e. The smallest absolute Gasteiger partial charge is 0.223 e. The number of methoxy groups -OCH3 is 1. The van der Waals surface area contributed by atoms with Gasteiger partial charge in [0.2, 0.25) is 5.91 Å². The second kappa shape index (κ2) is 4.21. The minimum absolute atomic E-state index is 0.196. The Labute approximate surface area is 97.2 Å². The minimum atomic E-state index is -0.275. The summed E-state index contributed by atoms with van der Waals surface area (Å²) in [6.07, 6.45) is 6.67. The Kier molecular flexibility index (Phi) is 3.06. The van der Waals surface area contributed by atoms with Crippen LogP contribution in [0.3, 0.4) is 0 Å². The van der Waals surface area contributed by atoms with Crippen LogP contribution < -0.4 is 5.32 Å². The number of rotatable bonds is 4. The van der Waals surface area contributed by atoms with Gasteiger partial charge in [-0.2, -0.15) is 0 Å². The third kappa shape index (κ3) is 2.29. The zero-order valence-electron chi connectivity index (χ0n) is 10.3. The van der Waals surface area contributed by atoms with Gasteiger partial charge in [-0.05, 0) is 38.5 Å². The molecule has 0 aromatic carbocycles. The van der Waals surface area contributed by atoms with Crippen LogP contribution in [0.1, 0.15) is 26.7 Å². The van der Waals surface area contributed by atoms with Gasteiger partial charge < -0.3 is 10.1 Å². The van der Waals surface area contributed by atoms with Crippen molar-refractivity contribution in [3.8, 4) is 0 Å². The number of hydrogen-bond donors (Lipinski definition) is 1. The van der Waals surface area contributed by atoms with Crippen molar-refractivity contribution in [2.45, 2.75) is 32.3 Å². The number of carbonyl (C=O) groups is 1. The van der Waals surface area contributed by atoms with E-state index in [-0.39, 0.29) is 17.4 Å². The number of allylic oxidation sites excluding steroid dienone is 2. The molecule has 3 atom stereocenters. The molecule has 90 valence electrons. The molecule has 0 aromatic rings. The summed E-state index contributed by atoms with van der Waals surface area (Å²) in [6.45, 7) is 4.54. The Morgan fingerprint density at radius 1 is 1.44 bits per heavy atom. The van der Waals surface area contributed by atoms with Gasteiger partial charge in [-0.25, -0.2) is 0 Å². The highest BCUT2D eigenvalue weighted by atomic mass is 16.5. The molecule has 2 bridgehead atoms. The first-order valence-corrected chi connectivity index (χ1v) is 6.03. The van der Waals surface area contributed by atoms with Crippen molar-refractivity contribution in [2.75, 3.05) is 13.7 Å². The molecule has 1 fully saturated rings. The van der Waals surface area contributed by atoms with E-state index >= 15 is 0 Å². The summed E-state index contributed by atoms with van der Waals surface area (Å²) in [7, 11) is 1.67. The third-order valence-corrected chi connectivity index (χ3v) is 3.86. The van der Waals surface area contributed by atoms with E-state index in [9.17, 15) is 4.79 Å². The van der Waals surface area contributed by atoms with Gasteiger partial charge in [0, 0.05) is 19.6 Å². The van der Waals surface area contributed by atoms with Gasteiger partial charge >= 0.3 is 0 Å². The molecule has 16 heavy (non-hydrogen) atoms. The van der Waals surface area contributed by atoms with Crippen LogP contribution >= 0.6 is 0 Å². The van der Waals surface area contributed by atoms with E-state index in [2.05, 4.69) is 17.5 Å². The molecule has 0 aromatic heterocycles. The van der Waals surface area contributed by atoms with E-state index in [1.165, 1.54) is 6.42 Å². The predicted molar refractivity (Wildman–Crippen MR) is 62.9 cm³/mol. The number of ether oxygens (including phenoxy) is 1. The normalized spacial score (nSPS) is 32.1. The predicted octanol–water partition coefficient (Wildman–Crippen LogP) is 1.74. The lowest BCUT2D eigenvalue weighted by Gasteiger charge is -2.25. The molecule has 1 N–H and O–H groups in total. The van der Waals surface area contributed by atoms with Crippen LogP contribution in [0.4, 0.5) is 0 Å². The monoisotopic (exact) mass is 223 g/mol. The van der Waals surface area contributed by atoms with Crippen molar-refractivity contribution in [1.82, 2.24) is 5.32 Å². The van der Waals surface area contributed by atoms with Gasteiger partial charge in [-0.3, -0.25) is 4.79 Å². The number of nitrogens with one attached hydrogen (secondary N) is 1. The molecule has 3 nitrogen and oxygen atoms in total. The van der Waals surface area contributed by atoms with Crippen molar-refractivity contribution in [3.05, 3.63) is 12.2 Å². The van der Waals surface area contributed by atoms with Gasteiger partial charge in [-0.15, -0.1) is 0 Å². The highest BCUT2D eigenvalue weighted by Gasteiger charge is 2.39. The Bertz CT molecular complexity index is 309. The lowest BCUT2D eigenvalue weighted by molar-refractivity contribution is -0.127. The fourth-order valence-electron chi connectivity index (χ4n) is 2.59. The van der Waals surface area contributed by atoms with E-state index in [0.29, 0.717) is 18.4 Å². The summed E-state index contributed by atoms with van der Waals surface area (Å²) in [5.41, 5.74) is -0.275. The molecule has 2 aliphatic rings. The second-order valence-electron chi connectivity index (χ2n) is 5.57. The molecule has 0 heterocycles. The van der Waals surface area contributed by atoms with Crippen molar-refractivity contribution in [2.24, 2.45) is 17.8 Å². The van der Waals surface area contributed by atoms with Gasteiger partial charge in [0.1, 0.15) is 0 Å². The molecule has 2 rings (SSSR count). The molecule has 0 saturated heterocycles. The van der Waals surface area contributed by atoms with Crippen LogP contribution in [-0.4, -0.2) is 25.2 Å². The quantitative estimate of drug-likeness (QED) is 0.737. The lowest BCUT2D eigenvalue weighted by Crippen LogP contribution is -2.42. The summed E-state index contributed by atoms with van der Waals surface area (Å²) < 4.78 is 5.28. The van der Waals surface area contributed by atoms with E-state index < -0.39 is 0 Å². The summed E-state index contributed by atoms with van der Waals surface area (Å²) in [5.74, 6) is 1.52. The topological polar surface area (TPSA) is 38.3 Å². The van der Waals surface area contributed by atoms with Crippen LogP contribution in [0, 0.1) is 17.8 Å². The van der Waals surface area contributed by atoms with Crippen LogP contribution in [-0.2, 0) is 9.53 Å². The molecule has 3 heteroatoms. The van der Waals surface area contributed by atoms with Crippen molar-refractivity contribution in [1.29, 1.82) is 0 Å². The maximum atomic E-state index is 12.0. The third-order valence-electron chi connectivity index (χ3n) is 3.86. The van der Waals surface area contributed by atoms with Crippen LogP contribution in [0.2, 0.25) is 0 Å². The highest BCUT2D eigenvalue weighted by molar-refractivity contribution is 5.80. The number of carbonyl (C=O) groups excluding carboxylic acids is 1. The van der Waals surface area contributed by atoms with Crippen LogP contribution in [0.5, 0.6) is 0 Å². The van der Waals surface area contributed by atoms with E-state index in [4.69, 9.17) is 4.74 Å². The maximum absolute atomic E-state index is 12.0. The molecule has 0 aliphatic heterocycles. The first kappa shape index (κ1) is 11.6. The van der Waals surface area contributed by atoms with Gasteiger partial charge in [0.15, 0.2) is 0 Å². The molecular weight excluding hydrogens is 202 g/mol. The van der Waals surface area contributed by atoms with Crippen molar-refractivity contribution >= 4 is 5.91 Å². The SMILES string of the molecule is COC(C)(C)CNC(=O)[C@@H]1C[C@H]2C=C[C@H]1C2. The summed E-state index contributed by atoms with van der Waals surface area (Å²) >= 11 is 0. The number of amides is 1. The fraction of sp³-hybridized carbons (Fsp3) is 0.769. The Morgan fingerprint density at radius 2 is 2.19 bits per heavy atom. The zero-order chi connectivity index (χ0) is 11.8. The van der Waals surface area contributed by atoms with Gasteiger partial charge in [-0.1, -0.05) is 12.2 Å². The van der Waals surface area contributed by atoms with Crippen LogP contribution in [0.15, 0.2) is 12.2 Å². The molecular formula is C13H21NO2. The summed E-state index contributed by atoms with van der Waals surface area (Å²) in [5, 5.41) is 3.00. The van der Waals surface area contributed by atoms with Crippen molar-refractivity contribution in [3.63, 3.8) is 0 Å². The largest absolute Gasteiger partial charge is 0.377 e. The standard InChI is InChI=1S/C13H21NO2/c1-13(2,16-3)8-14-12(15)11-7-9-4-5-10(11)6-9/h4-5,9-11H,6-8H2,1-3H3,(H,14,15)/t9-,10-,11+/m0/s1. The average molecular weight is 223 g/mol. The fourth-order valence-corrected chi connectivity index (χ4v) is 2.59. The van der Waals surface area contributed by atoms with E-state index in [1.807, 2.05) is 13.8 Å². The van der Waals surface area contributed by atoms with Crippen LogP contribution in [0.25, 0.3) is 0 Å². The summed E-state index contributed by atoms with van der Waals surface area (Å²) in [6, 6.07) is 0. The molecule has 0 spiro atoms. The van der Waals surface area contributed by atoms with E-state index in [1.54, 1.807) is 7.11 Å². The first-order chi connectivity index (χ1) is 7.52. The molecule has 2 aliphatic carbocycles. The van der Waals surface area contributed by atoms with Gasteiger partial charge in [0.05, 0.1) is 5.60 Å². The highest BCUT2D eigenvalue weighted by Crippen LogP contribution is 2.43. The Balaban J connectivity index is 1.83. The number of fused-ring (bicyclic) bond motifs is 2. The Hall–Kier alpha value is -0.830. The summed E-state index contributed by atoms with van der Waals surface area (Å²) in [4.78, 5) is 12.0. The lowest BCUT2D eigenvalue weighted by atomic mass is 9.92. The van der Waals surface area contributed by atoms with E-state index in [0.717, 1.165) is 6.42 Å². The number of hydrogen-bond acceptors (Lipinski definition) is 2. The first-order valence-electron chi connectivity index (χ1n) is 6.03. The molecule has 1 amide bonds. The molecule has 0 radical (unpaired) electrons. The Morgan fingerprint density at radius 3 is 2.69 bits per heavy atom. The minimum Gasteiger partial charge on any atom is -0.377 e.